The van der Waals surface area contributed by atoms with Gasteiger partial charge in [0.05, 0.1) is 20.1 Å². The molecule has 0 saturated carbocycles. The maximum Gasteiger partial charge on any atom is 0.0799 e. The molecular formula is C23H48BrN. The third-order valence-electron chi connectivity index (χ3n) is 6.08. The average molecular weight is 419 g/mol. The van der Waals surface area contributed by atoms with Gasteiger partial charge in [0.2, 0.25) is 0 Å². The van der Waals surface area contributed by atoms with Gasteiger partial charge in [0.25, 0.3) is 0 Å². The maximum absolute atomic E-state index is 2.35. The van der Waals surface area contributed by atoms with E-state index in [1.165, 1.54) is 129 Å². The molecule has 152 valence electrons. The first-order chi connectivity index (χ1) is 11.8. The van der Waals surface area contributed by atoms with Crippen LogP contribution < -0.4 is 21.9 Å². The van der Waals surface area contributed by atoms with E-state index in [9.17, 15) is 0 Å². The van der Waals surface area contributed by atoms with Crippen LogP contribution >= 0.6 is 0 Å². The molecule has 0 aromatic rings. The van der Waals surface area contributed by atoms with Crippen molar-refractivity contribution in [2.75, 3.05) is 20.1 Å². The molecule has 1 rings (SSSR count). The van der Waals surface area contributed by atoms with Gasteiger partial charge in [-0.15, -0.1) is 0 Å². The number of likely N-dealkylation sites (tertiary alicyclic amines) is 1. The lowest BCUT2D eigenvalue weighted by atomic mass is 9.99. The molecule has 1 aliphatic rings. The molecule has 0 aromatic carbocycles. The Kier molecular flexibility index (Phi) is 19.5. The molecule has 1 heterocycles. The Hall–Kier alpha value is 0.440. The summed E-state index contributed by atoms with van der Waals surface area (Å²) in [5.41, 5.74) is 0. The second kappa shape index (κ2) is 19.2. The zero-order chi connectivity index (χ0) is 17.3. The zero-order valence-corrected chi connectivity index (χ0v) is 19.2. The first-order valence-electron chi connectivity index (χ1n) is 11.6. The van der Waals surface area contributed by atoms with Crippen molar-refractivity contribution in [3.05, 3.63) is 0 Å². The van der Waals surface area contributed by atoms with E-state index in [1.54, 1.807) is 4.90 Å². The SMILES string of the molecule is CCCCCCCCCCCCCCCCCCC1CC[NH+](C)C1.[Br-]. The Morgan fingerprint density at radius 3 is 1.40 bits per heavy atom. The van der Waals surface area contributed by atoms with Crippen LogP contribution in [0.2, 0.25) is 0 Å². The smallest absolute Gasteiger partial charge is 0.0799 e. The third-order valence-corrected chi connectivity index (χ3v) is 6.08. The highest BCUT2D eigenvalue weighted by Crippen LogP contribution is 2.17. The fourth-order valence-electron chi connectivity index (χ4n) is 4.37. The Morgan fingerprint density at radius 1 is 0.640 bits per heavy atom. The highest BCUT2D eigenvalue weighted by atomic mass is 79.9. The van der Waals surface area contributed by atoms with Crippen molar-refractivity contribution >= 4 is 0 Å². The molecule has 2 heteroatoms. The van der Waals surface area contributed by atoms with Crippen molar-refractivity contribution in [3.63, 3.8) is 0 Å². The summed E-state index contributed by atoms with van der Waals surface area (Å²) >= 11 is 0. The van der Waals surface area contributed by atoms with E-state index in [-0.39, 0.29) is 17.0 Å². The quantitative estimate of drug-likeness (QED) is 0.346. The Balaban J connectivity index is 0.00000576. The van der Waals surface area contributed by atoms with E-state index in [0.717, 1.165) is 5.92 Å². The number of halogens is 1. The van der Waals surface area contributed by atoms with Crippen LogP contribution in [0.25, 0.3) is 0 Å². The minimum atomic E-state index is 0. The minimum Gasteiger partial charge on any atom is -1.00 e. The van der Waals surface area contributed by atoms with Crippen molar-refractivity contribution in [2.45, 2.75) is 122 Å². The second-order valence-corrected chi connectivity index (χ2v) is 8.66. The third kappa shape index (κ3) is 16.3. The number of quaternary nitrogens is 1. The predicted octanol–water partition coefficient (Wildman–Crippen LogP) is 3.18. The summed E-state index contributed by atoms with van der Waals surface area (Å²) in [5, 5.41) is 0. The van der Waals surface area contributed by atoms with Crippen molar-refractivity contribution in [1.29, 1.82) is 0 Å². The van der Waals surface area contributed by atoms with Crippen LogP contribution in [-0.2, 0) is 0 Å². The molecule has 1 fully saturated rings. The first kappa shape index (κ1) is 25.4. The van der Waals surface area contributed by atoms with Gasteiger partial charge < -0.3 is 21.9 Å². The number of unbranched alkanes of at least 4 members (excludes halogenated alkanes) is 15. The summed E-state index contributed by atoms with van der Waals surface area (Å²) in [5.74, 6) is 1.05. The minimum absolute atomic E-state index is 0. The second-order valence-electron chi connectivity index (χ2n) is 8.66. The van der Waals surface area contributed by atoms with Crippen LogP contribution in [0.4, 0.5) is 0 Å². The normalized spacial score (nSPS) is 19.9. The Labute approximate surface area is 170 Å². The van der Waals surface area contributed by atoms with E-state index < -0.39 is 0 Å². The van der Waals surface area contributed by atoms with Gasteiger partial charge >= 0.3 is 0 Å². The van der Waals surface area contributed by atoms with Gasteiger partial charge in [-0.3, -0.25) is 0 Å². The summed E-state index contributed by atoms with van der Waals surface area (Å²) in [6.07, 6.45) is 26.7. The van der Waals surface area contributed by atoms with Crippen LogP contribution in [0, 0.1) is 5.92 Å². The molecule has 1 aliphatic heterocycles. The van der Waals surface area contributed by atoms with Crippen molar-refractivity contribution in [1.82, 2.24) is 0 Å². The van der Waals surface area contributed by atoms with Crippen molar-refractivity contribution in [3.8, 4) is 0 Å². The van der Waals surface area contributed by atoms with Gasteiger partial charge in [0.15, 0.2) is 0 Å². The summed E-state index contributed by atoms with van der Waals surface area (Å²) in [7, 11) is 2.35. The largest absolute Gasteiger partial charge is 1.00 e. The molecule has 1 saturated heterocycles. The summed E-state index contributed by atoms with van der Waals surface area (Å²) in [4.78, 5) is 1.76. The van der Waals surface area contributed by atoms with Gasteiger partial charge in [-0.2, -0.15) is 0 Å². The van der Waals surface area contributed by atoms with Gasteiger partial charge in [-0.25, -0.2) is 0 Å². The molecule has 0 radical (unpaired) electrons. The molecule has 0 amide bonds. The number of hydrogen-bond donors (Lipinski definition) is 1. The summed E-state index contributed by atoms with van der Waals surface area (Å²) in [6, 6.07) is 0. The van der Waals surface area contributed by atoms with Crippen LogP contribution in [0.15, 0.2) is 0 Å². The zero-order valence-electron chi connectivity index (χ0n) is 17.6. The highest BCUT2D eigenvalue weighted by Gasteiger charge is 2.21. The van der Waals surface area contributed by atoms with Crippen molar-refractivity contribution < 1.29 is 21.9 Å². The maximum atomic E-state index is 2.35. The molecule has 2 atom stereocenters. The van der Waals surface area contributed by atoms with Crippen LogP contribution in [-0.4, -0.2) is 20.1 Å². The van der Waals surface area contributed by atoms with E-state index in [4.69, 9.17) is 0 Å². The monoisotopic (exact) mass is 417 g/mol. The standard InChI is InChI=1S/C23H47N.BrH/c1-3-4-5-6-7-8-9-10-11-12-13-14-15-16-17-18-19-23-20-21-24(2)22-23;/h23H,3-22H2,1-2H3;1H. The van der Waals surface area contributed by atoms with Crippen molar-refractivity contribution in [2.24, 2.45) is 5.92 Å². The first-order valence-corrected chi connectivity index (χ1v) is 11.6. The Bertz CT molecular complexity index is 256. The highest BCUT2D eigenvalue weighted by molar-refractivity contribution is 4.62. The Morgan fingerprint density at radius 2 is 1.04 bits per heavy atom. The van der Waals surface area contributed by atoms with Gasteiger partial charge in [-0.05, 0) is 6.42 Å². The summed E-state index contributed by atoms with van der Waals surface area (Å²) < 4.78 is 0. The lowest BCUT2D eigenvalue weighted by Gasteiger charge is -2.07. The number of hydrogen-bond acceptors (Lipinski definition) is 0. The molecular weight excluding hydrogens is 370 g/mol. The van der Waals surface area contributed by atoms with Gasteiger partial charge in [0.1, 0.15) is 0 Å². The predicted molar refractivity (Wildman–Crippen MR) is 109 cm³/mol. The molecule has 25 heavy (non-hydrogen) atoms. The summed E-state index contributed by atoms with van der Waals surface area (Å²) in [6.45, 7) is 5.17. The average Bonchev–Trinajstić information content (AvgIpc) is 3.00. The molecule has 0 aliphatic carbocycles. The molecule has 0 spiro atoms. The van der Waals surface area contributed by atoms with Gasteiger partial charge in [-0.1, -0.05) is 110 Å². The van der Waals surface area contributed by atoms with E-state index in [2.05, 4.69) is 14.0 Å². The van der Waals surface area contributed by atoms with E-state index in [1.807, 2.05) is 0 Å². The molecule has 2 unspecified atom stereocenters. The van der Waals surface area contributed by atoms with Gasteiger partial charge in [0, 0.05) is 12.3 Å². The molecule has 1 N–H and O–H groups in total. The fraction of sp³-hybridized carbons (Fsp3) is 1.00. The topological polar surface area (TPSA) is 4.44 Å². The van der Waals surface area contributed by atoms with Crippen LogP contribution in [0.3, 0.4) is 0 Å². The molecule has 1 nitrogen and oxygen atoms in total. The molecule has 0 aromatic heterocycles. The lowest BCUT2D eigenvalue weighted by Crippen LogP contribution is -3.07. The molecule has 0 bridgehead atoms. The van der Waals surface area contributed by atoms with Crippen LogP contribution in [0.1, 0.15) is 122 Å². The number of nitrogens with one attached hydrogen (secondary N) is 1. The number of rotatable bonds is 17. The fourth-order valence-corrected chi connectivity index (χ4v) is 4.37. The van der Waals surface area contributed by atoms with E-state index >= 15 is 0 Å². The lowest BCUT2D eigenvalue weighted by molar-refractivity contribution is -0.867. The van der Waals surface area contributed by atoms with Crippen LogP contribution in [0.5, 0.6) is 0 Å². The van der Waals surface area contributed by atoms with E-state index in [0.29, 0.717) is 0 Å².